The second-order valence-electron chi connectivity index (χ2n) is 5.31. The van der Waals surface area contributed by atoms with E-state index >= 15 is 0 Å². The van der Waals surface area contributed by atoms with Crippen molar-refractivity contribution in [3.63, 3.8) is 0 Å². The standard InChI is InChI=1S/C12H23N3O3/c1-9(4-5-14(2)3)13-12(18)15-7-10(8-15)6-11(16)17/h9-10H,4-8H2,1-3H3,(H,13,18)(H,16,17). The van der Waals surface area contributed by atoms with Gasteiger partial charge in [-0.25, -0.2) is 4.79 Å². The molecule has 0 aromatic rings. The molecule has 1 aliphatic heterocycles. The average Bonchev–Trinajstić information content (AvgIpc) is 2.19. The first-order chi connectivity index (χ1) is 8.38. The number of nitrogens with zero attached hydrogens (tertiary/aromatic N) is 2. The van der Waals surface area contributed by atoms with Gasteiger partial charge in [-0.05, 0) is 34.0 Å². The van der Waals surface area contributed by atoms with E-state index < -0.39 is 5.97 Å². The van der Waals surface area contributed by atoms with Gasteiger partial charge in [0.25, 0.3) is 0 Å². The van der Waals surface area contributed by atoms with Crippen LogP contribution in [0.1, 0.15) is 19.8 Å². The number of carboxylic acid groups (broad SMARTS) is 1. The Morgan fingerprint density at radius 1 is 1.44 bits per heavy atom. The third-order valence-electron chi connectivity index (χ3n) is 3.09. The van der Waals surface area contributed by atoms with Crippen LogP contribution in [-0.4, -0.2) is 66.7 Å². The van der Waals surface area contributed by atoms with Crippen LogP contribution in [0.4, 0.5) is 4.79 Å². The number of likely N-dealkylation sites (tertiary alicyclic amines) is 1. The molecule has 0 spiro atoms. The highest BCUT2D eigenvalue weighted by Crippen LogP contribution is 2.18. The Bertz CT molecular complexity index is 301. The third-order valence-corrected chi connectivity index (χ3v) is 3.09. The summed E-state index contributed by atoms with van der Waals surface area (Å²) in [6.07, 6.45) is 1.06. The number of carbonyl (C=O) groups excluding carboxylic acids is 1. The zero-order chi connectivity index (χ0) is 13.7. The number of hydrogen-bond acceptors (Lipinski definition) is 3. The monoisotopic (exact) mass is 257 g/mol. The molecule has 2 N–H and O–H groups in total. The van der Waals surface area contributed by atoms with Crippen molar-refractivity contribution in [1.82, 2.24) is 15.1 Å². The first-order valence-corrected chi connectivity index (χ1v) is 6.30. The van der Waals surface area contributed by atoms with Crippen LogP contribution in [0.3, 0.4) is 0 Å². The van der Waals surface area contributed by atoms with Crippen molar-refractivity contribution in [2.45, 2.75) is 25.8 Å². The molecule has 0 bridgehead atoms. The van der Waals surface area contributed by atoms with Crippen molar-refractivity contribution in [2.75, 3.05) is 33.7 Å². The van der Waals surface area contributed by atoms with Gasteiger partial charge in [0, 0.05) is 25.0 Å². The summed E-state index contributed by atoms with van der Waals surface area (Å²) in [6.45, 7) is 4.02. The van der Waals surface area contributed by atoms with Crippen LogP contribution < -0.4 is 5.32 Å². The quantitative estimate of drug-likeness (QED) is 0.724. The minimum absolute atomic E-state index is 0.0807. The van der Waals surface area contributed by atoms with Gasteiger partial charge in [0.05, 0.1) is 6.42 Å². The third kappa shape index (κ3) is 4.91. The lowest BCUT2D eigenvalue weighted by molar-refractivity contribution is -0.139. The highest BCUT2D eigenvalue weighted by Gasteiger charge is 2.32. The summed E-state index contributed by atoms with van der Waals surface area (Å²) in [6, 6.07) is 0.0568. The van der Waals surface area contributed by atoms with Crippen molar-refractivity contribution in [3.8, 4) is 0 Å². The summed E-state index contributed by atoms with van der Waals surface area (Å²) in [4.78, 5) is 26.0. The van der Waals surface area contributed by atoms with E-state index in [-0.39, 0.29) is 24.4 Å². The smallest absolute Gasteiger partial charge is 0.317 e. The van der Waals surface area contributed by atoms with Crippen molar-refractivity contribution in [2.24, 2.45) is 5.92 Å². The lowest BCUT2D eigenvalue weighted by Crippen LogP contribution is -2.55. The molecule has 1 rings (SSSR count). The van der Waals surface area contributed by atoms with Crippen LogP contribution in [0.15, 0.2) is 0 Å². The van der Waals surface area contributed by atoms with Gasteiger partial charge in [0.2, 0.25) is 0 Å². The van der Waals surface area contributed by atoms with Crippen LogP contribution in [0.5, 0.6) is 0 Å². The molecule has 6 nitrogen and oxygen atoms in total. The highest BCUT2D eigenvalue weighted by molar-refractivity contribution is 5.76. The summed E-state index contributed by atoms with van der Waals surface area (Å²) in [5.74, 6) is -0.676. The van der Waals surface area contributed by atoms with Gasteiger partial charge in [-0.2, -0.15) is 0 Å². The van der Waals surface area contributed by atoms with Gasteiger partial charge in [-0.3, -0.25) is 4.79 Å². The van der Waals surface area contributed by atoms with Crippen molar-refractivity contribution in [3.05, 3.63) is 0 Å². The fourth-order valence-corrected chi connectivity index (χ4v) is 1.94. The topological polar surface area (TPSA) is 72.9 Å². The van der Waals surface area contributed by atoms with E-state index in [1.54, 1.807) is 4.90 Å². The fourth-order valence-electron chi connectivity index (χ4n) is 1.94. The Kier molecular flexibility index (Phi) is 5.40. The van der Waals surface area contributed by atoms with Crippen LogP contribution in [0, 0.1) is 5.92 Å². The van der Waals surface area contributed by atoms with Crippen molar-refractivity contribution in [1.29, 1.82) is 0 Å². The maximum absolute atomic E-state index is 11.8. The first kappa shape index (κ1) is 14.8. The maximum atomic E-state index is 11.8. The number of rotatable bonds is 6. The van der Waals surface area contributed by atoms with Gasteiger partial charge < -0.3 is 20.2 Å². The van der Waals surface area contributed by atoms with Crippen LogP contribution in [-0.2, 0) is 4.79 Å². The van der Waals surface area contributed by atoms with Crippen LogP contribution in [0.25, 0.3) is 0 Å². The minimum Gasteiger partial charge on any atom is -0.481 e. The fraction of sp³-hybridized carbons (Fsp3) is 0.833. The maximum Gasteiger partial charge on any atom is 0.317 e. The van der Waals surface area contributed by atoms with Gasteiger partial charge >= 0.3 is 12.0 Å². The van der Waals surface area contributed by atoms with E-state index in [0.29, 0.717) is 13.1 Å². The Morgan fingerprint density at radius 3 is 2.56 bits per heavy atom. The summed E-state index contributed by atoms with van der Waals surface area (Å²) < 4.78 is 0. The van der Waals surface area contributed by atoms with E-state index in [9.17, 15) is 9.59 Å². The van der Waals surface area contributed by atoms with E-state index in [4.69, 9.17) is 5.11 Å². The molecule has 1 fully saturated rings. The van der Waals surface area contributed by atoms with Gasteiger partial charge in [0.15, 0.2) is 0 Å². The van der Waals surface area contributed by atoms with Crippen molar-refractivity contribution >= 4 is 12.0 Å². The second kappa shape index (κ2) is 6.58. The Hall–Kier alpha value is -1.30. The number of carbonyl (C=O) groups is 2. The summed E-state index contributed by atoms with van der Waals surface area (Å²) in [5.41, 5.74) is 0. The van der Waals surface area contributed by atoms with E-state index in [1.807, 2.05) is 21.0 Å². The predicted molar refractivity (Wildman–Crippen MR) is 68.5 cm³/mol. The lowest BCUT2D eigenvalue weighted by Gasteiger charge is -2.39. The molecule has 1 unspecified atom stereocenters. The largest absolute Gasteiger partial charge is 0.481 e. The molecule has 18 heavy (non-hydrogen) atoms. The average molecular weight is 257 g/mol. The second-order valence-corrected chi connectivity index (χ2v) is 5.31. The molecule has 1 saturated heterocycles. The number of hydrogen-bond donors (Lipinski definition) is 2. The van der Waals surface area contributed by atoms with Gasteiger partial charge in [-0.15, -0.1) is 0 Å². The highest BCUT2D eigenvalue weighted by atomic mass is 16.4. The zero-order valence-corrected chi connectivity index (χ0v) is 11.3. The number of aliphatic carboxylic acids is 1. The lowest BCUT2D eigenvalue weighted by atomic mass is 9.97. The van der Waals surface area contributed by atoms with Gasteiger partial charge in [0.1, 0.15) is 0 Å². The molecular formula is C12H23N3O3. The van der Waals surface area contributed by atoms with Crippen LogP contribution >= 0.6 is 0 Å². The van der Waals surface area contributed by atoms with E-state index in [2.05, 4.69) is 10.2 Å². The molecule has 1 aliphatic rings. The predicted octanol–water partition coefficient (Wildman–Crippen LogP) is 0.443. The Morgan fingerprint density at radius 2 is 2.06 bits per heavy atom. The molecule has 104 valence electrons. The normalized spacial score (nSPS) is 17.4. The number of nitrogens with one attached hydrogen (secondary N) is 1. The summed E-state index contributed by atoms with van der Waals surface area (Å²) >= 11 is 0. The molecule has 0 saturated carbocycles. The molecule has 0 radical (unpaired) electrons. The molecule has 1 heterocycles. The molecule has 2 amide bonds. The molecular weight excluding hydrogens is 234 g/mol. The number of amides is 2. The molecule has 1 atom stereocenters. The first-order valence-electron chi connectivity index (χ1n) is 6.30. The van der Waals surface area contributed by atoms with Crippen LogP contribution in [0.2, 0.25) is 0 Å². The summed E-state index contributed by atoms with van der Waals surface area (Å²) in [7, 11) is 4.00. The molecule has 6 heteroatoms. The summed E-state index contributed by atoms with van der Waals surface area (Å²) in [5, 5.41) is 11.5. The number of carboxylic acids is 1. The zero-order valence-electron chi connectivity index (χ0n) is 11.3. The SMILES string of the molecule is CC(CCN(C)C)NC(=O)N1CC(CC(=O)O)C1. The van der Waals surface area contributed by atoms with Crippen molar-refractivity contribution < 1.29 is 14.7 Å². The minimum atomic E-state index is -0.792. The van der Waals surface area contributed by atoms with E-state index in [1.165, 1.54) is 0 Å². The molecule has 0 aliphatic carbocycles. The Labute approximate surface area is 108 Å². The van der Waals surface area contributed by atoms with Gasteiger partial charge in [-0.1, -0.05) is 0 Å². The van der Waals surface area contributed by atoms with E-state index in [0.717, 1.165) is 13.0 Å². The Balaban J connectivity index is 2.17. The molecule has 0 aromatic heterocycles. The number of urea groups is 1. The molecule has 0 aromatic carbocycles.